The van der Waals surface area contributed by atoms with E-state index in [9.17, 15) is 9.18 Å². The van der Waals surface area contributed by atoms with Crippen LogP contribution in [0.3, 0.4) is 0 Å². The summed E-state index contributed by atoms with van der Waals surface area (Å²) in [5, 5.41) is 0.856. The van der Waals surface area contributed by atoms with Gasteiger partial charge in [-0.25, -0.2) is 9.37 Å². The molecule has 0 unspecified atom stereocenters. The average molecular weight is 384 g/mol. The Labute approximate surface area is 161 Å². The standard InChI is InChI=1S/C20H21FN4OS/c1-23-18-5-3-2-4-17(18)22-20(23)27-14-19(26)25-12-10-24(11-13-25)16-8-6-15(21)7-9-16/h2-9H,10-14H2,1H3. The Balaban J connectivity index is 1.33. The van der Waals surface area contributed by atoms with Gasteiger partial charge in [-0.1, -0.05) is 23.9 Å². The lowest BCUT2D eigenvalue weighted by atomic mass is 10.2. The molecule has 1 aromatic heterocycles. The van der Waals surface area contributed by atoms with E-state index in [0.717, 1.165) is 35.0 Å². The van der Waals surface area contributed by atoms with Crippen molar-refractivity contribution >= 4 is 34.4 Å². The summed E-state index contributed by atoms with van der Waals surface area (Å²) in [6.45, 7) is 2.88. The highest BCUT2D eigenvalue weighted by Gasteiger charge is 2.22. The van der Waals surface area contributed by atoms with Gasteiger partial charge in [-0.15, -0.1) is 0 Å². The molecule has 0 aliphatic carbocycles. The summed E-state index contributed by atoms with van der Waals surface area (Å²) in [6.07, 6.45) is 0. The van der Waals surface area contributed by atoms with Gasteiger partial charge in [-0.05, 0) is 36.4 Å². The zero-order chi connectivity index (χ0) is 18.8. The van der Waals surface area contributed by atoms with E-state index in [1.54, 1.807) is 12.1 Å². The van der Waals surface area contributed by atoms with E-state index in [4.69, 9.17) is 0 Å². The monoisotopic (exact) mass is 384 g/mol. The summed E-state index contributed by atoms with van der Waals surface area (Å²) in [4.78, 5) is 21.3. The molecule has 4 rings (SSSR count). The van der Waals surface area contributed by atoms with Crippen molar-refractivity contribution in [1.82, 2.24) is 14.5 Å². The highest BCUT2D eigenvalue weighted by atomic mass is 32.2. The number of hydrogen-bond acceptors (Lipinski definition) is 4. The fourth-order valence-corrected chi connectivity index (χ4v) is 4.23. The summed E-state index contributed by atoms with van der Waals surface area (Å²) in [5.74, 6) is 0.283. The molecule has 0 N–H and O–H groups in total. The number of amides is 1. The number of thioether (sulfide) groups is 1. The van der Waals surface area contributed by atoms with Crippen LogP contribution < -0.4 is 4.90 Å². The fourth-order valence-electron chi connectivity index (χ4n) is 3.34. The van der Waals surface area contributed by atoms with E-state index in [0.29, 0.717) is 18.8 Å². The normalized spacial score (nSPS) is 14.7. The molecule has 3 aromatic rings. The molecule has 1 fully saturated rings. The molecule has 2 aromatic carbocycles. The lowest BCUT2D eigenvalue weighted by Crippen LogP contribution is -2.49. The number of aryl methyl sites for hydroxylation is 1. The van der Waals surface area contributed by atoms with E-state index < -0.39 is 0 Å². The van der Waals surface area contributed by atoms with Crippen LogP contribution in [-0.4, -0.2) is 52.3 Å². The average Bonchev–Trinajstić information content (AvgIpc) is 3.03. The topological polar surface area (TPSA) is 41.4 Å². The van der Waals surface area contributed by atoms with E-state index in [1.807, 2.05) is 40.8 Å². The third-order valence-corrected chi connectivity index (χ3v) is 5.91. The molecule has 0 radical (unpaired) electrons. The van der Waals surface area contributed by atoms with Crippen molar-refractivity contribution in [1.29, 1.82) is 0 Å². The number of rotatable bonds is 4. The van der Waals surface area contributed by atoms with Gasteiger partial charge in [0.05, 0.1) is 16.8 Å². The Hall–Kier alpha value is -2.54. The summed E-state index contributed by atoms with van der Waals surface area (Å²) < 4.78 is 15.1. The maximum atomic E-state index is 13.1. The zero-order valence-corrected chi connectivity index (χ0v) is 16.0. The lowest BCUT2D eigenvalue weighted by molar-refractivity contribution is -0.128. The highest BCUT2D eigenvalue weighted by molar-refractivity contribution is 7.99. The number of para-hydroxylation sites is 2. The first-order chi connectivity index (χ1) is 13.1. The molecule has 1 saturated heterocycles. The second kappa shape index (κ2) is 7.60. The van der Waals surface area contributed by atoms with Crippen molar-refractivity contribution in [2.45, 2.75) is 5.16 Å². The summed E-state index contributed by atoms with van der Waals surface area (Å²) in [5.41, 5.74) is 3.01. The van der Waals surface area contributed by atoms with Gasteiger partial charge in [0, 0.05) is 38.9 Å². The Morgan fingerprint density at radius 2 is 1.78 bits per heavy atom. The number of hydrogen-bond donors (Lipinski definition) is 0. The van der Waals surface area contributed by atoms with Gasteiger partial charge in [-0.2, -0.15) is 0 Å². The predicted octanol–water partition coefficient (Wildman–Crippen LogP) is 3.15. The number of carbonyl (C=O) groups is 1. The van der Waals surface area contributed by atoms with Gasteiger partial charge in [0.2, 0.25) is 5.91 Å². The van der Waals surface area contributed by atoms with Crippen LogP contribution in [0, 0.1) is 5.82 Å². The molecule has 2 heterocycles. The molecule has 140 valence electrons. The first-order valence-electron chi connectivity index (χ1n) is 8.94. The third kappa shape index (κ3) is 3.78. The van der Waals surface area contributed by atoms with E-state index in [-0.39, 0.29) is 11.7 Å². The minimum absolute atomic E-state index is 0.130. The van der Waals surface area contributed by atoms with Crippen LogP contribution in [0.15, 0.2) is 53.7 Å². The first-order valence-corrected chi connectivity index (χ1v) is 9.93. The van der Waals surface area contributed by atoms with E-state index in [1.165, 1.54) is 23.9 Å². The van der Waals surface area contributed by atoms with Gasteiger partial charge in [-0.3, -0.25) is 4.79 Å². The number of nitrogens with zero attached hydrogens (tertiary/aromatic N) is 4. The molecule has 0 spiro atoms. The van der Waals surface area contributed by atoms with Gasteiger partial charge >= 0.3 is 0 Å². The van der Waals surface area contributed by atoms with Crippen LogP contribution in [0.5, 0.6) is 0 Å². The third-order valence-electron chi connectivity index (χ3n) is 4.90. The van der Waals surface area contributed by atoms with E-state index in [2.05, 4.69) is 9.88 Å². The lowest BCUT2D eigenvalue weighted by Gasteiger charge is -2.36. The number of piperazine rings is 1. The second-order valence-corrected chi connectivity index (χ2v) is 7.52. The Morgan fingerprint density at radius 3 is 2.48 bits per heavy atom. The molecule has 0 atom stereocenters. The van der Waals surface area contributed by atoms with Gasteiger partial charge in [0.1, 0.15) is 5.82 Å². The molecular formula is C20H21FN4OS. The molecule has 0 bridgehead atoms. The van der Waals surface area contributed by atoms with Gasteiger partial charge in [0.25, 0.3) is 0 Å². The fraction of sp³-hybridized carbons (Fsp3) is 0.300. The molecule has 5 nitrogen and oxygen atoms in total. The molecule has 7 heteroatoms. The maximum Gasteiger partial charge on any atom is 0.233 e. The summed E-state index contributed by atoms with van der Waals surface area (Å²) in [6, 6.07) is 14.5. The highest BCUT2D eigenvalue weighted by Crippen LogP contribution is 2.23. The van der Waals surface area contributed by atoms with Crippen LogP contribution in [0.25, 0.3) is 11.0 Å². The summed E-state index contributed by atoms with van der Waals surface area (Å²) in [7, 11) is 1.98. The maximum absolute atomic E-state index is 13.1. The number of aromatic nitrogens is 2. The second-order valence-electron chi connectivity index (χ2n) is 6.58. The number of fused-ring (bicyclic) bond motifs is 1. The number of anilines is 1. The number of imidazole rings is 1. The van der Waals surface area contributed by atoms with Gasteiger partial charge in [0.15, 0.2) is 5.16 Å². The van der Waals surface area contributed by atoms with Crippen molar-refractivity contribution in [2.24, 2.45) is 7.05 Å². The molecule has 1 aliphatic heterocycles. The predicted molar refractivity (Wildman–Crippen MR) is 107 cm³/mol. The number of halogens is 1. The zero-order valence-electron chi connectivity index (χ0n) is 15.1. The summed E-state index contributed by atoms with van der Waals surface area (Å²) >= 11 is 1.48. The van der Waals surface area contributed by atoms with Crippen LogP contribution in [0.4, 0.5) is 10.1 Å². The minimum Gasteiger partial charge on any atom is -0.368 e. The van der Waals surface area contributed by atoms with Gasteiger partial charge < -0.3 is 14.4 Å². The largest absolute Gasteiger partial charge is 0.368 e. The van der Waals surface area contributed by atoms with E-state index >= 15 is 0 Å². The van der Waals surface area contributed by atoms with Crippen LogP contribution in [-0.2, 0) is 11.8 Å². The number of carbonyl (C=O) groups excluding carboxylic acids is 1. The number of benzene rings is 2. The molecule has 0 saturated carbocycles. The van der Waals surface area contributed by atoms with Crippen LogP contribution in [0.2, 0.25) is 0 Å². The van der Waals surface area contributed by atoms with Crippen molar-refractivity contribution in [3.05, 3.63) is 54.3 Å². The molecular weight excluding hydrogens is 363 g/mol. The Morgan fingerprint density at radius 1 is 1.07 bits per heavy atom. The first kappa shape index (κ1) is 17.9. The quantitative estimate of drug-likeness (QED) is 0.648. The Kier molecular flexibility index (Phi) is 5.03. The SMILES string of the molecule is Cn1c(SCC(=O)N2CCN(c3ccc(F)cc3)CC2)nc2ccccc21. The Bertz CT molecular complexity index is 948. The van der Waals surface area contributed by atoms with Crippen molar-refractivity contribution in [3.63, 3.8) is 0 Å². The van der Waals surface area contributed by atoms with Crippen molar-refractivity contribution in [3.8, 4) is 0 Å². The minimum atomic E-state index is -0.230. The molecule has 27 heavy (non-hydrogen) atoms. The van der Waals surface area contributed by atoms with Crippen LogP contribution >= 0.6 is 11.8 Å². The van der Waals surface area contributed by atoms with Crippen LogP contribution in [0.1, 0.15) is 0 Å². The molecule has 1 aliphatic rings. The van der Waals surface area contributed by atoms with Crippen molar-refractivity contribution in [2.75, 3.05) is 36.8 Å². The smallest absolute Gasteiger partial charge is 0.233 e. The molecule has 1 amide bonds. The van der Waals surface area contributed by atoms with Crippen molar-refractivity contribution < 1.29 is 9.18 Å².